The maximum Gasteiger partial charge on any atom is 0.228 e. The van der Waals surface area contributed by atoms with Gasteiger partial charge in [0.1, 0.15) is 5.03 Å². The van der Waals surface area contributed by atoms with Crippen molar-refractivity contribution in [1.29, 1.82) is 0 Å². The van der Waals surface area contributed by atoms with Gasteiger partial charge < -0.3 is 10.2 Å². The van der Waals surface area contributed by atoms with E-state index in [0.717, 1.165) is 30.2 Å². The van der Waals surface area contributed by atoms with Crippen LogP contribution in [-0.2, 0) is 4.79 Å². The fraction of sp³-hybridized carbons (Fsp3) is 0.688. The van der Waals surface area contributed by atoms with Crippen LogP contribution in [0.5, 0.6) is 0 Å². The van der Waals surface area contributed by atoms with Crippen LogP contribution in [-0.4, -0.2) is 46.4 Å². The second kappa shape index (κ2) is 7.92. The van der Waals surface area contributed by atoms with Crippen LogP contribution >= 0.6 is 11.8 Å². The highest BCUT2D eigenvalue weighted by Crippen LogP contribution is 2.29. The summed E-state index contributed by atoms with van der Waals surface area (Å²) in [6, 6.07) is 3.80. The summed E-state index contributed by atoms with van der Waals surface area (Å²) in [7, 11) is 0. The van der Waals surface area contributed by atoms with Gasteiger partial charge in [0.05, 0.1) is 0 Å². The number of hydrogen-bond acceptors (Lipinski definition) is 5. The van der Waals surface area contributed by atoms with Crippen molar-refractivity contribution in [2.45, 2.75) is 43.6 Å². The molecule has 120 valence electrons. The average Bonchev–Trinajstić information content (AvgIpc) is 3.37. The summed E-state index contributed by atoms with van der Waals surface area (Å²) in [5.41, 5.74) is 0. The van der Waals surface area contributed by atoms with E-state index in [-0.39, 0.29) is 11.8 Å². The van der Waals surface area contributed by atoms with Crippen LogP contribution in [0.4, 0.5) is 5.82 Å². The highest BCUT2D eigenvalue weighted by molar-refractivity contribution is 7.99. The summed E-state index contributed by atoms with van der Waals surface area (Å²) in [5, 5.41) is 12.0. The Bertz CT molecular complexity index is 481. The largest absolute Gasteiger partial charge is 0.309 e. The molecule has 0 bridgehead atoms. The Kier molecular flexibility index (Phi) is 5.67. The van der Waals surface area contributed by atoms with E-state index in [1.54, 1.807) is 11.8 Å². The van der Waals surface area contributed by atoms with Crippen LogP contribution in [0, 0.1) is 5.92 Å². The van der Waals surface area contributed by atoms with E-state index in [1.807, 2.05) is 12.1 Å². The van der Waals surface area contributed by atoms with E-state index in [4.69, 9.17) is 0 Å². The van der Waals surface area contributed by atoms with E-state index in [1.165, 1.54) is 38.8 Å². The van der Waals surface area contributed by atoms with Crippen molar-refractivity contribution >= 4 is 23.5 Å². The molecule has 0 unspecified atom stereocenters. The third kappa shape index (κ3) is 4.95. The number of hydrogen-bond donors (Lipinski definition) is 1. The van der Waals surface area contributed by atoms with Gasteiger partial charge in [0.25, 0.3) is 0 Å². The van der Waals surface area contributed by atoms with Gasteiger partial charge in [0, 0.05) is 18.2 Å². The molecule has 1 aliphatic heterocycles. The molecule has 3 rings (SSSR count). The highest BCUT2D eigenvalue weighted by atomic mass is 32.2. The standard InChI is InChI=1S/C16H24N4OS/c21-16(13-5-6-13)17-14-7-8-15(19-18-14)22-12-11-20-9-3-1-2-4-10-20/h7-8,13H,1-6,9-12H2,(H,17,18,21). The molecule has 0 aromatic carbocycles. The molecule has 2 fully saturated rings. The van der Waals surface area contributed by atoms with Gasteiger partial charge in [0.15, 0.2) is 5.82 Å². The molecule has 1 N–H and O–H groups in total. The van der Waals surface area contributed by atoms with Gasteiger partial charge in [-0.3, -0.25) is 4.79 Å². The van der Waals surface area contributed by atoms with Gasteiger partial charge in [-0.25, -0.2) is 0 Å². The quantitative estimate of drug-likeness (QED) is 0.817. The van der Waals surface area contributed by atoms with E-state index in [2.05, 4.69) is 20.4 Å². The van der Waals surface area contributed by atoms with E-state index in [9.17, 15) is 4.79 Å². The topological polar surface area (TPSA) is 58.1 Å². The fourth-order valence-electron chi connectivity index (χ4n) is 2.68. The normalized spacial score (nSPS) is 19.6. The van der Waals surface area contributed by atoms with Crippen molar-refractivity contribution in [3.05, 3.63) is 12.1 Å². The molecule has 22 heavy (non-hydrogen) atoms. The molecule has 0 radical (unpaired) electrons. The first-order chi connectivity index (χ1) is 10.8. The Hall–Kier alpha value is -1.14. The van der Waals surface area contributed by atoms with Crippen LogP contribution in [0.15, 0.2) is 17.2 Å². The van der Waals surface area contributed by atoms with Crippen molar-refractivity contribution in [3.8, 4) is 0 Å². The summed E-state index contributed by atoms with van der Waals surface area (Å²) in [4.78, 5) is 14.2. The zero-order valence-corrected chi connectivity index (χ0v) is 13.8. The minimum Gasteiger partial charge on any atom is -0.309 e. The van der Waals surface area contributed by atoms with Crippen molar-refractivity contribution in [2.24, 2.45) is 5.92 Å². The van der Waals surface area contributed by atoms with Crippen molar-refractivity contribution in [3.63, 3.8) is 0 Å². The Labute approximate surface area is 136 Å². The Morgan fingerprint density at radius 1 is 1.18 bits per heavy atom. The van der Waals surface area contributed by atoms with Gasteiger partial charge >= 0.3 is 0 Å². The smallest absolute Gasteiger partial charge is 0.228 e. The lowest BCUT2D eigenvalue weighted by molar-refractivity contribution is -0.117. The molecule has 1 aliphatic carbocycles. The lowest BCUT2D eigenvalue weighted by Crippen LogP contribution is -2.27. The number of anilines is 1. The third-order valence-corrected chi connectivity index (χ3v) is 5.10. The third-order valence-electron chi connectivity index (χ3n) is 4.20. The van der Waals surface area contributed by atoms with Crippen molar-refractivity contribution in [2.75, 3.05) is 30.7 Å². The van der Waals surface area contributed by atoms with Crippen LogP contribution in [0.1, 0.15) is 38.5 Å². The summed E-state index contributed by atoms with van der Waals surface area (Å²) in [5.74, 6) is 1.89. The first-order valence-corrected chi connectivity index (χ1v) is 9.29. The summed E-state index contributed by atoms with van der Waals surface area (Å²) >= 11 is 1.74. The van der Waals surface area contributed by atoms with Gasteiger partial charge in [-0.05, 0) is 50.9 Å². The minimum atomic E-state index is 0.0795. The first-order valence-electron chi connectivity index (χ1n) is 8.31. The van der Waals surface area contributed by atoms with Gasteiger partial charge in [-0.2, -0.15) is 0 Å². The molecule has 6 heteroatoms. The maximum atomic E-state index is 11.6. The summed E-state index contributed by atoms with van der Waals surface area (Å²) in [6.07, 6.45) is 7.43. The zero-order chi connectivity index (χ0) is 15.2. The lowest BCUT2D eigenvalue weighted by Gasteiger charge is -2.18. The minimum absolute atomic E-state index is 0.0795. The van der Waals surface area contributed by atoms with Crippen LogP contribution in [0.25, 0.3) is 0 Å². The monoisotopic (exact) mass is 320 g/mol. The number of amides is 1. The first kappa shape index (κ1) is 15.7. The average molecular weight is 320 g/mol. The molecule has 1 saturated heterocycles. The molecule has 2 aliphatic rings. The fourth-order valence-corrected chi connectivity index (χ4v) is 3.50. The van der Waals surface area contributed by atoms with E-state index < -0.39 is 0 Å². The van der Waals surface area contributed by atoms with Gasteiger partial charge in [0.2, 0.25) is 5.91 Å². The maximum absolute atomic E-state index is 11.6. The number of carbonyl (C=O) groups excluding carboxylic acids is 1. The van der Waals surface area contributed by atoms with Crippen molar-refractivity contribution < 1.29 is 4.79 Å². The predicted octanol–water partition coefficient (Wildman–Crippen LogP) is 2.79. The highest BCUT2D eigenvalue weighted by Gasteiger charge is 2.29. The number of nitrogens with zero attached hydrogens (tertiary/aromatic N) is 3. The van der Waals surface area contributed by atoms with Crippen molar-refractivity contribution in [1.82, 2.24) is 15.1 Å². The van der Waals surface area contributed by atoms with Crippen LogP contribution in [0.3, 0.4) is 0 Å². The molecule has 1 saturated carbocycles. The molecule has 2 heterocycles. The van der Waals surface area contributed by atoms with Crippen LogP contribution in [0.2, 0.25) is 0 Å². The number of aromatic nitrogens is 2. The zero-order valence-electron chi connectivity index (χ0n) is 13.0. The number of thioether (sulfide) groups is 1. The SMILES string of the molecule is O=C(Nc1ccc(SCCN2CCCCCC2)nn1)C1CC1. The Morgan fingerprint density at radius 3 is 2.59 bits per heavy atom. The second-order valence-corrected chi connectivity index (χ2v) is 7.24. The summed E-state index contributed by atoms with van der Waals surface area (Å²) in [6.45, 7) is 3.59. The van der Waals surface area contributed by atoms with E-state index in [0.29, 0.717) is 5.82 Å². The summed E-state index contributed by atoms with van der Waals surface area (Å²) < 4.78 is 0. The number of rotatable bonds is 6. The lowest BCUT2D eigenvalue weighted by atomic mass is 10.2. The van der Waals surface area contributed by atoms with E-state index >= 15 is 0 Å². The number of likely N-dealkylation sites (tertiary alicyclic amines) is 1. The molecule has 1 aromatic heterocycles. The molecule has 5 nitrogen and oxygen atoms in total. The van der Waals surface area contributed by atoms with Gasteiger partial charge in [-0.1, -0.05) is 12.8 Å². The molecular formula is C16H24N4OS. The predicted molar refractivity (Wildman–Crippen MR) is 89.0 cm³/mol. The number of carbonyl (C=O) groups is 1. The second-order valence-electron chi connectivity index (χ2n) is 6.12. The Morgan fingerprint density at radius 2 is 1.95 bits per heavy atom. The molecule has 1 amide bonds. The Balaban J connectivity index is 1.39. The van der Waals surface area contributed by atoms with Crippen LogP contribution < -0.4 is 5.32 Å². The molecule has 1 aromatic rings. The molecule has 0 spiro atoms. The van der Waals surface area contributed by atoms with Gasteiger partial charge in [-0.15, -0.1) is 22.0 Å². The molecular weight excluding hydrogens is 296 g/mol. The molecule has 0 atom stereocenters. The number of nitrogens with one attached hydrogen (secondary N) is 1.